The second kappa shape index (κ2) is 4.82. The summed E-state index contributed by atoms with van der Waals surface area (Å²) in [5.41, 5.74) is 7.20. The van der Waals surface area contributed by atoms with Crippen LogP contribution in [0.3, 0.4) is 0 Å². The van der Waals surface area contributed by atoms with E-state index in [1.54, 1.807) is 30.5 Å². The van der Waals surface area contributed by atoms with E-state index in [2.05, 4.69) is 4.98 Å². The highest BCUT2D eigenvalue weighted by Gasteiger charge is 2.05. The molecule has 3 nitrogen and oxygen atoms in total. The van der Waals surface area contributed by atoms with Crippen molar-refractivity contribution in [3.63, 3.8) is 0 Å². The molecule has 0 aliphatic carbocycles. The summed E-state index contributed by atoms with van der Waals surface area (Å²) < 4.78 is 5.54. The maximum Gasteiger partial charge on any atom is 0.219 e. The van der Waals surface area contributed by atoms with Crippen LogP contribution in [0.4, 0.5) is 5.69 Å². The number of aromatic nitrogens is 1. The van der Waals surface area contributed by atoms with Crippen LogP contribution in [-0.4, -0.2) is 4.98 Å². The second-order valence-electron chi connectivity index (χ2n) is 3.56. The Morgan fingerprint density at radius 3 is 2.65 bits per heavy atom. The fourth-order valence-electron chi connectivity index (χ4n) is 1.27. The van der Waals surface area contributed by atoms with Crippen molar-refractivity contribution < 1.29 is 4.74 Å². The summed E-state index contributed by atoms with van der Waals surface area (Å²) in [6.07, 6.45) is 1.55. The summed E-state index contributed by atoms with van der Waals surface area (Å²) in [6, 6.07) is 6.76. The van der Waals surface area contributed by atoms with E-state index >= 15 is 0 Å². The van der Waals surface area contributed by atoms with Crippen molar-refractivity contribution in [1.29, 1.82) is 0 Å². The van der Waals surface area contributed by atoms with E-state index in [0.717, 1.165) is 5.56 Å². The van der Waals surface area contributed by atoms with Gasteiger partial charge in [-0.25, -0.2) is 4.98 Å². The van der Waals surface area contributed by atoms with Crippen molar-refractivity contribution in [2.24, 2.45) is 0 Å². The number of pyridine rings is 1. The van der Waals surface area contributed by atoms with E-state index in [4.69, 9.17) is 33.7 Å². The van der Waals surface area contributed by atoms with E-state index in [0.29, 0.717) is 27.4 Å². The Kier molecular flexibility index (Phi) is 3.41. The monoisotopic (exact) mass is 268 g/mol. The molecular formula is C12H10Cl2N2O. The van der Waals surface area contributed by atoms with Crippen molar-refractivity contribution in [3.8, 4) is 11.6 Å². The SMILES string of the molecule is Cc1cc(Oc2ccc(Cl)cc2Cl)ncc1N. The van der Waals surface area contributed by atoms with Crippen LogP contribution in [0.15, 0.2) is 30.5 Å². The van der Waals surface area contributed by atoms with Gasteiger partial charge in [-0.05, 0) is 30.7 Å². The smallest absolute Gasteiger partial charge is 0.219 e. The summed E-state index contributed by atoms with van der Waals surface area (Å²) in [5.74, 6) is 0.952. The number of hydrogen-bond acceptors (Lipinski definition) is 3. The molecule has 0 saturated carbocycles. The minimum Gasteiger partial charge on any atom is -0.437 e. The molecule has 0 aliphatic rings. The molecule has 5 heteroatoms. The van der Waals surface area contributed by atoms with E-state index in [9.17, 15) is 0 Å². The number of aryl methyl sites for hydroxylation is 1. The summed E-state index contributed by atoms with van der Waals surface area (Å²) >= 11 is 11.8. The molecule has 0 aliphatic heterocycles. The predicted octanol–water partition coefficient (Wildman–Crippen LogP) is 4.07. The van der Waals surface area contributed by atoms with Gasteiger partial charge in [0.1, 0.15) is 5.75 Å². The molecule has 0 unspecified atom stereocenters. The van der Waals surface area contributed by atoms with E-state index in [-0.39, 0.29) is 0 Å². The molecule has 0 spiro atoms. The molecule has 2 rings (SSSR count). The van der Waals surface area contributed by atoms with Gasteiger partial charge in [0.25, 0.3) is 0 Å². The zero-order valence-corrected chi connectivity index (χ0v) is 10.6. The Bertz CT molecular complexity index is 558. The lowest BCUT2D eigenvalue weighted by molar-refractivity contribution is 0.463. The van der Waals surface area contributed by atoms with Gasteiger partial charge in [-0.3, -0.25) is 0 Å². The zero-order valence-electron chi connectivity index (χ0n) is 9.08. The summed E-state index contributed by atoms with van der Waals surface area (Å²) in [4.78, 5) is 4.06. The summed E-state index contributed by atoms with van der Waals surface area (Å²) in [7, 11) is 0. The van der Waals surface area contributed by atoms with Crippen LogP contribution in [0, 0.1) is 6.92 Å². The number of hydrogen-bond donors (Lipinski definition) is 1. The van der Waals surface area contributed by atoms with Gasteiger partial charge in [-0.15, -0.1) is 0 Å². The quantitative estimate of drug-likeness (QED) is 0.893. The Morgan fingerprint density at radius 2 is 2.00 bits per heavy atom. The number of ether oxygens (including phenoxy) is 1. The normalized spacial score (nSPS) is 10.3. The lowest BCUT2D eigenvalue weighted by Crippen LogP contribution is -1.94. The molecule has 2 N–H and O–H groups in total. The predicted molar refractivity (Wildman–Crippen MR) is 69.9 cm³/mol. The van der Waals surface area contributed by atoms with Crippen molar-refractivity contribution >= 4 is 28.9 Å². The lowest BCUT2D eigenvalue weighted by Gasteiger charge is -2.08. The average Bonchev–Trinajstić information content (AvgIpc) is 2.27. The Morgan fingerprint density at radius 1 is 1.24 bits per heavy atom. The molecule has 0 fully saturated rings. The third-order valence-corrected chi connectivity index (χ3v) is 2.77. The number of nitrogens with zero attached hydrogens (tertiary/aromatic N) is 1. The van der Waals surface area contributed by atoms with Gasteiger partial charge in [0.2, 0.25) is 5.88 Å². The van der Waals surface area contributed by atoms with Crippen LogP contribution in [0.5, 0.6) is 11.6 Å². The number of nitrogens with two attached hydrogens (primary N) is 1. The van der Waals surface area contributed by atoms with Gasteiger partial charge >= 0.3 is 0 Å². The van der Waals surface area contributed by atoms with Gasteiger partial charge in [0.05, 0.1) is 16.9 Å². The maximum absolute atomic E-state index is 5.99. The largest absolute Gasteiger partial charge is 0.437 e. The standard InChI is InChI=1S/C12H10Cl2N2O/c1-7-4-12(16-6-10(7)15)17-11-3-2-8(13)5-9(11)14/h2-6H,15H2,1H3. The minimum atomic E-state index is 0.439. The minimum absolute atomic E-state index is 0.439. The lowest BCUT2D eigenvalue weighted by atomic mass is 10.2. The molecule has 0 radical (unpaired) electrons. The number of benzene rings is 1. The molecule has 88 valence electrons. The zero-order chi connectivity index (χ0) is 12.4. The molecule has 17 heavy (non-hydrogen) atoms. The van der Waals surface area contributed by atoms with Gasteiger partial charge in [-0.2, -0.15) is 0 Å². The molecule has 0 saturated heterocycles. The summed E-state index contributed by atoms with van der Waals surface area (Å²) in [6.45, 7) is 1.88. The van der Waals surface area contributed by atoms with Crippen molar-refractivity contribution in [2.75, 3.05) is 5.73 Å². The maximum atomic E-state index is 5.99. The second-order valence-corrected chi connectivity index (χ2v) is 4.40. The molecule has 0 atom stereocenters. The van der Waals surface area contributed by atoms with Crippen molar-refractivity contribution in [3.05, 3.63) is 46.1 Å². The Labute approximate surface area is 109 Å². The van der Waals surface area contributed by atoms with Gasteiger partial charge in [0, 0.05) is 11.1 Å². The highest BCUT2D eigenvalue weighted by atomic mass is 35.5. The van der Waals surface area contributed by atoms with Crippen LogP contribution in [0.1, 0.15) is 5.56 Å². The first-order valence-corrected chi connectivity index (χ1v) is 5.67. The molecule has 0 bridgehead atoms. The third-order valence-electron chi connectivity index (χ3n) is 2.23. The topological polar surface area (TPSA) is 48.1 Å². The van der Waals surface area contributed by atoms with Gasteiger partial charge in [0.15, 0.2) is 0 Å². The van der Waals surface area contributed by atoms with E-state index in [1.807, 2.05) is 6.92 Å². The van der Waals surface area contributed by atoms with Crippen LogP contribution >= 0.6 is 23.2 Å². The average molecular weight is 269 g/mol. The first-order chi connectivity index (χ1) is 8.06. The molecule has 1 aromatic heterocycles. The van der Waals surface area contributed by atoms with Crippen LogP contribution < -0.4 is 10.5 Å². The molecule has 2 aromatic rings. The van der Waals surface area contributed by atoms with Crippen LogP contribution in [0.25, 0.3) is 0 Å². The van der Waals surface area contributed by atoms with Crippen molar-refractivity contribution in [2.45, 2.75) is 6.92 Å². The van der Waals surface area contributed by atoms with Crippen molar-refractivity contribution in [1.82, 2.24) is 4.98 Å². The molecule has 1 aromatic carbocycles. The highest BCUT2D eigenvalue weighted by molar-refractivity contribution is 6.35. The first-order valence-electron chi connectivity index (χ1n) is 4.91. The van der Waals surface area contributed by atoms with Gasteiger partial charge < -0.3 is 10.5 Å². The number of nitrogen functional groups attached to an aromatic ring is 1. The van der Waals surface area contributed by atoms with Gasteiger partial charge in [-0.1, -0.05) is 23.2 Å². The first kappa shape index (κ1) is 12.0. The molecular weight excluding hydrogens is 259 g/mol. The summed E-state index contributed by atoms with van der Waals surface area (Å²) in [5, 5.41) is 0.998. The molecule has 1 heterocycles. The highest BCUT2D eigenvalue weighted by Crippen LogP contribution is 2.31. The fourth-order valence-corrected chi connectivity index (χ4v) is 1.71. The number of anilines is 1. The fraction of sp³-hybridized carbons (Fsp3) is 0.0833. The Balaban J connectivity index is 2.28. The third kappa shape index (κ3) is 2.81. The number of rotatable bonds is 2. The van der Waals surface area contributed by atoms with E-state index < -0.39 is 0 Å². The van der Waals surface area contributed by atoms with E-state index in [1.165, 1.54) is 0 Å². The van der Waals surface area contributed by atoms with Crippen LogP contribution in [-0.2, 0) is 0 Å². The Hall–Kier alpha value is -1.45. The molecule has 0 amide bonds. The van der Waals surface area contributed by atoms with Crippen LogP contribution in [0.2, 0.25) is 10.0 Å². The number of halogens is 2.